The molecule has 3 amide bonds. The van der Waals surface area contributed by atoms with E-state index in [9.17, 15) is 24.3 Å². The first-order valence-electron chi connectivity index (χ1n) is 10.7. The van der Waals surface area contributed by atoms with Gasteiger partial charge >= 0.3 is 5.97 Å². The molecule has 0 aromatic heterocycles. The Balaban J connectivity index is 5.39. The Hall–Kier alpha value is -1.81. The second kappa shape index (κ2) is 14.3. The minimum atomic E-state index is -1.12. The highest BCUT2D eigenvalue weighted by molar-refractivity contribution is 7.98. The monoisotopic (exact) mass is 460 g/mol. The molecule has 4 unspecified atom stereocenters. The molecule has 10 heteroatoms. The largest absolute Gasteiger partial charge is 0.480 e. The molecule has 0 saturated carbocycles. The van der Waals surface area contributed by atoms with Gasteiger partial charge < -0.3 is 26.8 Å². The Morgan fingerprint density at radius 3 is 1.81 bits per heavy atom. The summed E-state index contributed by atoms with van der Waals surface area (Å²) in [6.45, 7) is 11.0. The van der Waals surface area contributed by atoms with Crippen LogP contribution in [0.2, 0.25) is 0 Å². The van der Waals surface area contributed by atoms with Gasteiger partial charge in [-0.2, -0.15) is 11.8 Å². The molecule has 0 heterocycles. The highest BCUT2D eigenvalue weighted by Gasteiger charge is 2.32. The van der Waals surface area contributed by atoms with Crippen LogP contribution in [0, 0.1) is 17.8 Å². The summed E-state index contributed by atoms with van der Waals surface area (Å²) in [5.74, 6) is -2.30. The first-order valence-corrected chi connectivity index (χ1v) is 12.1. The zero-order valence-corrected chi connectivity index (χ0v) is 20.5. The molecule has 31 heavy (non-hydrogen) atoms. The van der Waals surface area contributed by atoms with Gasteiger partial charge in [-0.05, 0) is 42.6 Å². The maximum atomic E-state index is 13.0. The molecule has 0 radical (unpaired) electrons. The second-order valence-corrected chi connectivity index (χ2v) is 9.86. The standard InChI is InChI=1S/C21H40N4O5S/c1-11(2)10-15(24-19(27)16(22)12(3)4)18(26)25-17(13(5)6)20(28)23-14(21(29)30)8-9-31-7/h11-17H,8-10,22H2,1-7H3,(H,23,28)(H,24,27)(H,25,26)(H,29,30). The number of nitrogens with one attached hydrogen (secondary N) is 3. The van der Waals surface area contributed by atoms with Crippen LogP contribution in [-0.4, -0.2) is 65.0 Å². The molecule has 4 atom stereocenters. The third-order valence-corrected chi connectivity index (χ3v) is 5.48. The molecule has 0 aromatic rings. The number of thioether (sulfide) groups is 1. The van der Waals surface area contributed by atoms with Crippen molar-refractivity contribution in [1.82, 2.24) is 16.0 Å². The zero-order valence-electron chi connectivity index (χ0n) is 19.7. The van der Waals surface area contributed by atoms with Crippen LogP contribution in [0.15, 0.2) is 0 Å². The van der Waals surface area contributed by atoms with Crippen molar-refractivity contribution in [1.29, 1.82) is 0 Å². The van der Waals surface area contributed by atoms with Gasteiger partial charge in [0, 0.05) is 0 Å². The molecule has 0 spiro atoms. The van der Waals surface area contributed by atoms with E-state index in [1.165, 1.54) is 11.8 Å². The fourth-order valence-electron chi connectivity index (χ4n) is 2.82. The number of carbonyl (C=O) groups is 4. The van der Waals surface area contributed by atoms with Gasteiger partial charge in [-0.3, -0.25) is 14.4 Å². The topological polar surface area (TPSA) is 151 Å². The van der Waals surface area contributed by atoms with Crippen LogP contribution in [0.3, 0.4) is 0 Å². The minimum absolute atomic E-state index is 0.0915. The van der Waals surface area contributed by atoms with Crippen molar-refractivity contribution in [3.63, 3.8) is 0 Å². The van der Waals surface area contributed by atoms with Crippen LogP contribution in [0.5, 0.6) is 0 Å². The van der Waals surface area contributed by atoms with Crippen molar-refractivity contribution in [2.45, 2.75) is 78.6 Å². The molecule has 0 aliphatic rings. The average Bonchev–Trinajstić information content (AvgIpc) is 2.66. The summed E-state index contributed by atoms with van der Waals surface area (Å²) in [6.07, 6.45) is 2.51. The van der Waals surface area contributed by atoms with Gasteiger partial charge in [0.05, 0.1) is 6.04 Å². The second-order valence-electron chi connectivity index (χ2n) is 8.87. The lowest BCUT2D eigenvalue weighted by atomic mass is 9.98. The predicted octanol–water partition coefficient (Wildman–Crippen LogP) is 0.964. The minimum Gasteiger partial charge on any atom is -0.480 e. The summed E-state index contributed by atoms with van der Waals surface area (Å²) in [5.41, 5.74) is 5.89. The van der Waals surface area contributed by atoms with E-state index in [2.05, 4.69) is 16.0 Å². The number of hydrogen-bond acceptors (Lipinski definition) is 6. The molecular formula is C21H40N4O5S. The molecule has 0 saturated heterocycles. The maximum Gasteiger partial charge on any atom is 0.326 e. The van der Waals surface area contributed by atoms with Crippen LogP contribution in [0.4, 0.5) is 0 Å². The summed E-state index contributed by atoms with van der Waals surface area (Å²) in [5, 5.41) is 17.3. The smallest absolute Gasteiger partial charge is 0.326 e. The predicted molar refractivity (Wildman–Crippen MR) is 124 cm³/mol. The molecule has 180 valence electrons. The Morgan fingerprint density at radius 1 is 0.839 bits per heavy atom. The molecule has 0 fully saturated rings. The number of aliphatic carboxylic acids is 1. The SMILES string of the molecule is CSCCC(NC(=O)C(NC(=O)C(CC(C)C)NC(=O)C(N)C(C)C)C(C)C)C(=O)O. The molecule has 0 aliphatic heterocycles. The first kappa shape index (κ1) is 29.2. The molecule has 0 rings (SSSR count). The van der Waals surface area contributed by atoms with Crippen LogP contribution in [0.1, 0.15) is 54.4 Å². The van der Waals surface area contributed by atoms with Crippen molar-refractivity contribution in [3.05, 3.63) is 0 Å². The van der Waals surface area contributed by atoms with E-state index >= 15 is 0 Å². The van der Waals surface area contributed by atoms with E-state index in [4.69, 9.17) is 5.73 Å². The van der Waals surface area contributed by atoms with E-state index in [-0.39, 0.29) is 24.2 Å². The van der Waals surface area contributed by atoms with Crippen molar-refractivity contribution < 1.29 is 24.3 Å². The van der Waals surface area contributed by atoms with Gasteiger partial charge in [0.1, 0.15) is 18.1 Å². The van der Waals surface area contributed by atoms with E-state index < -0.39 is 47.9 Å². The third-order valence-electron chi connectivity index (χ3n) is 4.83. The fourth-order valence-corrected chi connectivity index (χ4v) is 3.29. The van der Waals surface area contributed by atoms with Gasteiger partial charge in [-0.25, -0.2) is 4.79 Å². The van der Waals surface area contributed by atoms with Gasteiger partial charge in [0.25, 0.3) is 0 Å². The lowest BCUT2D eigenvalue weighted by molar-refractivity contribution is -0.142. The molecule has 0 aliphatic carbocycles. The average molecular weight is 461 g/mol. The Labute approximate surface area is 190 Å². The maximum absolute atomic E-state index is 13.0. The van der Waals surface area contributed by atoms with Gasteiger partial charge in [-0.1, -0.05) is 41.5 Å². The molecule has 0 bridgehead atoms. The van der Waals surface area contributed by atoms with Crippen LogP contribution < -0.4 is 21.7 Å². The number of nitrogens with two attached hydrogens (primary N) is 1. The normalized spacial score (nSPS) is 15.3. The first-order chi connectivity index (χ1) is 14.3. The van der Waals surface area contributed by atoms with Crippen LogP contribution in [0.25, 0.3) is 0 Å². The summed E-state index contributed by atoms with van der Waals surface area (Å²) < 4.78 is 0. The van der Waals surface area contributed by atoms with E-state index in [1.807, 2.05) is 34.0 Å². The number of amides is 3. The molecule has 0 aromatic carbocycles. The van der Waals surface area contributed by atoms with Crippen LogP contribution in [-0.2, 0) is 19.2 Å². The molecule has 9 nitrogen and oxygen atoms in total. The van der Waals surface area contributed by atoms with E-state index in [1.54, 1.807) is 13.8 Å². The van der Waals surface area contributed by atoms with Crippen molar-refractivity contribution in [3.8, 4) is 0 Å². The summed E-state index contributed by atoms with van der Waals surface area (Å²) in [7, 11) is 0. The van der Waals surface area contributed by atoms with Gasteiger partial charge in [0.2, 0.25) is 17.7 Å². The highest BCUT2D eigenvalue weighted by Crippen LogP contribution is 2.10. The lowest BCUT2D eigenvalue weighted by Gasteiger charge is -2.28. The summed E-state index contributed by atoms with van der Waals surface area (Å²) >= 11 is 1.48. The number of rotatable bonds is 14. The van der Waals surface area contributed by atoms with E-state index in [0.29, 0.717) is 12.2 Å². The van der Waals surface area contributed by atoms with Crippen molar-refractivity contribution in [2.75, 3.05) is 12.0 Å². The van der Waals surface area contributed by atoms with Crippen LogP contribution >= 0.6 is 11.8 Å². The quantitative estimate of drug-likeness (QED) is 0.259. The number of carboxylic acid groups (broad SMARTS) is 1. The Bertz CT molecular complexity index is 613. The molecule has 6 N–H and O–H groups in total. The van der Waals surface area contributed by atoms with E-state index in [0.717, 1.165) is 0 Å². The zero-order chi connectivity index (χ0) is 24.3. The lowest BCUT2D eigenvalue weighted by Crippen LogP contribution is -2.59. The summed E-state index contributed by atoms with van der Waals surface area (Å²) in [6, 6.07) is -3.57. The van der Waals surface area contributed by atoms with Crippen molar-refractivity contribution >= 4 is 35.5 Å². The Kier molecular flexibility index (Phi) is 13.5. The molecular weight excluding hydrogens is 420 g/mol. The Morgan fingerprint density at radius 2 is 1.39 bits per heavy atom. The highest BCUT2D eigenvalue weighted by atomic mass is 32.2. The fraction of sp³-hybridized carbons (Fsp3) is 0.810. The van der Waals surface area contributed by atoms with Crippen molar-refractivity contribution in [2.24, 2.45) is 23.5 Å². The summed E-state index contributed by atoms with van der Waals surface area (Å²) in [4.78, 5) is 49.6. The van der Waals surface area contributed by atoms with Gasteiger partial charge in [-0.15, -0.1) is 0 Å². The third kappa shape index (κ3) is 10.9. The number of carbonyl (C=O) groups excluding carboxylic acids is 3. The number of carboxylic acids is 1. The number of hydrogen-bond donors (Lipinski definition) is 5. The van der Waals surface area contributed by atoms with Gasteiger partial charge in [0.15, 0.2) is 0 Å².